The zero-order valence-corrected chi connectivity index (χ0v) is 14.4. The molecule has 1 aliphatic heterocycles. The molecule has 122 valence electrons. The molecule has 0 saturated carbocycles. The van der Waals surface area contributed by atoms with E-state index in [1.165, 1.54) is 0 Å². The molecular weight excluding hydrogens is 372 g/mol. The average Bonchev–Trinajstić information content (AvgIpc) is 3.23. The van der Waals surface area contributed by atoms with Crippen molar-refractivity contribution in [3.05, 3.63) is 58.9 Å². The Morgan fingerprint density at radius 3 is 2.96 bits per heavy atom. The molecule has 1 amide bonds. The SMILES string of the molecule is O=C(c1cc2ccccc2o1)N1CCC(Oc2ccc(Br)cn2)C1. The van der Waals surface area contributed by atoms with Crippen LogP contribution < -0.4 is 4.74 Å². The number of para-hydroxylation sites is 1. The molecule has 1 saturated heterocycles. The summed E-state index contributed by atoms with van der Waals surface area (Å²) in [5.41, 5.74) is 0.729. The predicted molar refractivity (Wildman–Crippen MR) is 93.1 cm³/mol. The molecule has 1 aromatic carbocycles. The second-order valence-electron chi connectivity index (χ2n) is 5.74. The molecule has 0 spiro atoms. The highest BCUT2D eigenvalue weighted by molar-refractivity contribution is 9.10. The number of carbonyl (C=O) groups excluding carboxylic acids is 1. The third-order valence-corrected chi connectivity index (χ3v) is 4.53. The number of ether oxygens (including phenoxy) is 1. The van der Waals surface area contributed by atoms with Crippen molar-refractivity contribution in [2.75, 3.05) is 13.1 Å². The number of rotatable bonds is 3. The van der Waals surface area contributed by atoms with Crippen LogP contribution in [0.15, 0.2) is 57.6 Å². The van der Waals surface area contributed by atoms with Crippen LogP contribution in [0.2, 0.25) is 0 Å². The highest BCUT2D eigenvalue weighted by Crippen LogP contribution is 2.23. The third kappa shape index (κ3) is 3.01. The molecule has 0 radical (unpaired) electrons. The maximum Gasteiger partial charge on any atom is 0.289 e. The normalized spacial score (nSPS) is 17.4. The first-order valence-electron chi connectivity index (χ1n) is 7.75. The number of amides is 1. The first kappa shape index (κ1) is 15.2. The Balaban J connectivity index is 1.44. The lowest BCUT2D eigenvalue weighted by Gasteiger charge is -2.15. The van der Waals surface area contributed by atoms with Crippen molar-refractivity contribution in [2.45, 2.75) is 12.5 Å². The van der Waals surface area contributed by atoms with E-state index in [4.69, 9.17) is 9.15 Å². The number of pyridine rings is 1. The summed E-state index contributed by atoms with van der Waals surface area (Å²) in [7, 11) is 0. The van der Waals surface area contributed by atoms with Crippen LogP contribution >= 0.6 is 15.9 Å². The van der Waals surface area contributed by atoms with Crippen LogP contribution in [-0.4, -0.2) is 35.0 Å². The van der Waals surface area contributed by atoms with Gasteiger partial charge in [-0.1, -0.05) is 18.2 Å². The van der Waals surface area contributed by atoms with Gasteiger partial charge in [0, 0.05) is 35.1 Å². The quantitative estimate of drug-likeness (QED) is 0.685. The van der Waals surface area contributed by atoms with Gasteiger partial charge < -0.3 is 14.1 Å². The van der Waals surface area contributed by atoms with Crippen molar-refractivity contribution < 1.29 is 13.9 Å². The Morgan fingerprint density at radius 1 is 1.29 bits per heavy atom. The number of halogens is 1. The zero-order valence-electron chi connectivity index (χ0n) is 12.8. The van der Waals surface area contributed by atoms with Crippen LogP contribution in [-0.2, 0) is 0 Å². The minimum absolute atomic E-state index is 0.0491. The van der Waals surface area contributed by atoms with Crippen molar-refractivity contribution >= 4 is 32.8 Å². The van der Waals surface area contributed by atoms with Crippen molar-refractivity contribution in [3.8, 4) is 5.88 Å². The maximum absolute atomic E-state index is 12.6. The zero-order chi connectivity index (χ0) is 16.5. The van der Waals surface area contributed by atoms with E-state index in [2.05, 4.69) is 20.9 Å². The lowest BCUT2D eigenvalue weighted by atomic mass is 10.2. The van der Waals surface area contributed by atoms with E-state index < -0.39 is 0 Å². The number of benzene rings is 1. The van der Waals surface area contributed by atoms with Gasteiger partial charge in [-0.05, 0) is 34.1 Å². The van der Waals surface area contributed by atoms with Gasteiger partial charge in [-0.25, -0.2) is 4.98 Å². The number of furan rings is 1. The van der Waals surface area contributed by atoms with E-state index in [9.17, 15) is 4.79 Å². The fourth-order valence-electron chi connectivity index (χ4n) is 2.85. The fraction of sp³-hybridized carbons (Fsp3) is 0.222. The Bertz CT molecular complexity index is 842. The van der Waals surface area contributed by atoms with Crippen LogP contribution in [0.3, 0.4) is 0 Å². The lowest BCUT2D eigenvalue weighted by molar-refractivity contribution is 0.0742. The van der Waals surface area contributed by atoms with E-state index in [1.54, 1.807) is 17.2 Å². The number of carbonyl (C=O) groups is 1. The van der Waals surface area contributed by atoms with Crippen LogP contribution in [0.1, 0.15) is 17.0 Å². The summed E-state index contributed by atoms with van der Waals surface area (Å²) >= 11 is 3.35. The minimum atomic E-state index is -0.0962. The van der Waals surface area contributed by atoms with Crippen molar-refractivity contribution in [2.24, 2.45) is 0 Å². The maximum atomic E-state index is 12.6. The summed E-state index contributed by atoms with van der Waals surface area (Å²) in [6.45, 7) is 1.19. The number of nitrogens with zero attached hydrogens (tertiary/aromatic N) is 2. The number of hydrogen-bond acceptors (Lipinski definition) is 4. The molecule has 4 rings (SSSR count). The summed E-state index contributed by atoms with van der Waals surface area (Å²) in [6, 6.07) is 13.1. The van der Waals surface area contributed by atoms with Gasteiger partial charge in [0.05, 0.1) is 6.54 Å². The molecule has 1 atom stereocenters. The molecule has 6 heteroatoms. The van der Waals surface area contributed by atoms with E-state index >= 15 is 0 Å². The standard InChI is InChI=1S/C18H15BrN2O3/c19-13-5-6-17(20-10-13)23-14-7-8-21(11-14)18(22)16-9-12-3-1-2-4-15(12)24-16/h1-6,9-10,14H,7-8,11H2. The topological polar surface area (TPSA) is 55.6 Å². The van der Waals surface area contributed by atoms with Crippen LogP contribution in [0, 0.1) is 0 Å². The predicted octanol–water partition coefficient (Wildman–Crippen LogP) is 3.88. The molecule has 5 nitrogen and oxygen atoms in total. The lowest BCUT2D eigenvalue weighted by Crippen LogP contribution is -2.30. The summed E-state index contributed by atoms with van der Waals surface area (Å²) < 4.78 is 12.4. The van der Waals surface area contributed by atoms with E-state index in [0.29, 0.717) is 24.7 Å². The van der Waals surface area contributed by atoms with Gasteiger partial charge in [0.1, 0.15) is 11.7 Å². The van der Waals surface area contributed by atoms with Crippen LogP contribution in [0.4, 0.5) is 0 Å². The Labute approximate surface area is 147 Å². The second kappa shape index (κ2) is 6.28. The molecule has 3 heterocycles. The Hall–Kier alpha value is -2.34. The van der Waals surface area contributed by atoms with E-state index in [0.717, 1.165) is 21.9 Å². The van der Waals surface area contributed by atoms with Gasteiger partial charge in [-0.2, -0.15) is 0 Å². The van der Waals surface area contributed by atoms with Gasteiger partial charge in [0.15, 0.2) is 5.76 Å². The van der Waals surface area contributed by atoms with E-state index in [-0.39, 0.29) is 12.0 Å². The molecule has 1 unspecified atom stereocenters. The number of hydrogen-bond donors (Lipinski definition) is 0. The highest BCUT2D eigenvalue weighted by Gasteiger charge is 2.30. The molecule has 2 aromatic heterocycles. The molecular formula is C18H15BrN2O3. The second-order valence-corrected chi connectivity index (χ2v) is 6.66. The summed E-state index contributed by atoms with van der Waals surface area (Å²) in [4.78, 5) is 18.6. The highest BCUT2D eigenvalue weighted by atomic mass is 79.9. The van der Waals surface area contributed by atoms with Gasteiger partial charge in [0.25, 0.3) is 5.91 Å². The largest absolute Gasteiger partial charge is 0.472 e. The van der Waals surface area contributed by atoms with E-state index in [1.807, 2.05) is 36.4 Å². The Morgan fingerprint density at radius 2 is 2.17 bits per heavy atom. The molecule has 1 aliphatic rings. The van der Waals surface area contributed by atoms with Crippen LogP contribution in [0.5, 0.6) is 5.88 Å². The molecule has 3 aromatic rings. The number of fused-ring (bicyclic) bond motifs is 1. The summed E-state index contributed by atoms with van der Waals surface area (Å²) in [6.07, 6.45) is 2.43. The molecule has 0 bridgehead atoms. The van der Waals surface area contributed by atoms with Crippen molar-refractivity contribution in [3.63, 3.8) is 0 Å². The number of aromatic nitrogens is 1. The van der Waals surface area contributed by atoms with Gasteiger partial charge in [-0.15, -0.1) is 0 Å². The third-order valence-electron chi connectivity index (χ3n) is 4.06. The minimum Gasteiger partial charge on any atom is -0.472 e. The Kier molecular flexibility index (Phi) is 3.98. The average molecular weight is 387 g/mol. The molecule has 0 N–H and O–H groups in total. The summed E-state index contributed by atoms with van der Waals surface area (Å²) in [5, 5.41) is 0.937. The van der Waals surface area contributed by atoms with Crippen LogP contribution in [0.25, 0.3) is 11.0 Å². The molecule has 0 aliphatic carbocycles. The number of likely N-dealkylation sites (tertiary alicyclic amines) is 1. The first-order valence-corrected chi connectivity index (χ1v) is 8.54. The van der Waals surface area contributed by atoms with Gasteiger partial charge in [-0.3, -0.25) is 4.79 Å². The molecule has 1 fully saturated rings. The smallest absolute Gasteiger partial charge is 0.289 e. The van der Waals surface area contributed by atoms with Crippen molar-refractivity contribution in [1.82, 2.24) is 9.88 Å². The van der Waals surface area contributed by atoms with Crippen molar-refractivity contribution in [1.29, 1.82) is 0 Å². The monoisotopic (exact) mass is 386 g/mol. The van der Waals surface area contributed by atoms with Gasteiger partial charge in [0.2, 0.25) is 5.88 Å². The fourth-order valence-corrected chi connectivity index (χ4v) is 3.09. The summed E-state index contributed by atoms with van der Waals surface area (Å²) in [5.74, 6) is 0.848. The molecule has 24 heavy (non-hydrogen) atoms. The van der Waals surface area contributed by atoms with Gasteiger partial charge >= 0.3 is 0 Å². The first-order chi connectivity index (χ1) is 11.7.